The van der Waals surface area contributed by atoms with Crippen molar-refractivity contribution in [2.75, 3.05) is 0 Å². The molecule has 0 spiro atoms. The third kappa shape index (κ3) is 11.0. The molecule has 4 radical (unpaired) electrons. The van der Waals surface area contributed by atoms with Crippen LogP contribution in [0.25, 0.3) is 0 Å². The van der Waals surface area contributed by atoms with Gasteiger partial charge >= 0.3 is 11.9 Å². The summed E-state index contributed by atoms with van der Waals surface area (Å²) in [6.07, 6.45) is 1.12. The van der Waals surface area contributed by atoms with E-state index < -0.39 is 11.9 Å². The van der Waals surface area contributed by atoms with E-state index in [1.165, 1.54) is 0 Å². The minimum Gasteiger partial charge on any atom is -0.478 e. The van der Waals surface area contributed by atoms with E-state index in [0.717, 1.165) is 0 Å². The fourth-order valence-electron chi connectivity index (χ4n) is 0.143. The fraction of sp³-hybridized carbons (Fsp3) is 0. The molecule has 9 heavy (non-hydrogen) atoms. The van der Waals surface area contributed by atoms with Crippen LogP contribution in [0.2, 0.25) is 0 Å². The second-order valence-electron chi connectivity index (χ2n) is 1.01. The van der Waals surface area contributed by atoms with Crippen LogP contribution < -0.4 is 0 Å². The number of rotatable bonds is 2. The summed E-state index contributed by atoms with van der Waals surface area (Å²) in [7, 11) is 0. The number of hydrogen-bond donors (Lipinski definition) is 2. The Morgan fingerprint density at radius 3 is 1.33 bits per heavy atom. The Bertz CT molecular complexity index is 124. The Morgan fingerprint density at radius 1 is 1.00 bits per heavy atom. The first kappa shape index (κ1) is 11.1. The Balaban J connectivity index is 0. The molecule has 0 atom stereocenters. The van der Waals surface area contributed by atoms with Gasteiger partial charge in [-0.15, -0.1) is 0 Å². The molecule has 0 amide bonds. The molecule has 0 saturated heterocycles. The molecular formula is C4H4GeO4. The van der Waals surface area contributed by atoms with Crippen molar-refractivity contribution in [3.8, 4) is 0 Å². The van der Waals surface area contributed by atoms with Gasteiger partial charge in [-0.1, -0.05) is 0 Å². The molecule has 0 heterocycles. The molecule has 4 nitrogen and oxygen atoms in total. The molecule has 0 saturated carbocycles. The molecule has 0 aliphatic carbocycles. The van der Waals surface area contributed by atoms with Gasteiger partial charge in [-0.25, -0.2) is 9.59 Å². The molecule has 0 bridgehead atoms. The van der Waals surface area contributed by atoms with Crippen molar-refractivity contribution in [2.45, 2.75) is 0 Å². The molecule has 5 heteroatoms. The summed E-state index contributed by atoms with van der Waals surface area (Å²) in [5.74, 6) is -2.51. The molecule has 0 aliphatic heterocycles. The van der Waals surface area contributed by atoms with E-state index in [1.807, 2.05) is 0 Å². The van der Waals surface area contributed by atoms with E-state index in [2.05, 4.69) is 0 Å². The van der Waals surface area contributed by atoms with Gasteiger partial charge in [0, 0.05) is 29.7 Å². The molecule has 0 aromatic rings. The molecule has 0 aromatic carbocycles. The van der Waals surface area contributed by atoms with Crippen molar-refractivity contribution in [3.05, 3.63) is 12.2 Å². The second-order valence-corrected chi connectivity index (χ2v) is 1.01. The summed E-state index contributed by atoms with van der Waals surface area (Å²) in [6, 6.07) is 0. The van der Waals surface area contributed by atoms with Crippen molar-refractivity contribution in [2.24, 2.45) is 0 Å². The van der Waals surface area contributed by atoms with Gasteiger partial charge in [-0.05, 0) is 0 Å². The molecule has 0 aromatic heterocycles. The second kappa shape index (κ2) is 5.36. The van der Waals surface area contributed by atoms with Crippen LogP contribution in [0.3, 0.4) is 0 Å². The van der Waals surface area contributed by atoms with Gasteiger partial charge in [-0.3, -0.25) is 0 Å². The topological polar surface area (TPSA) is 74.6 Å². The molecule has 2 N–H and O–H groups in total. The number of carboxylic acids is 2. The molecule has 0 rings (SSSR count). The normalized spacial score (nSPS) is 8.44. The van der Waals surface area contributed by atoms with Gasteiger partial charge in [0.05, 0.1) is 0 Å². The zero-order valence-electron chi connectivity index (χ0n) is 4.37. The average molecular weight is 189 g/mol. The quantitative estimate of drug-likeness (QED) is 0.446. The van der Waals surface area contributed by atoms with Crippen LogP contribution in [0.1, 0.15) is 0 Å². The van der Waals surface area contributed by atoms with Gasteiger partial charge in [0.1, 0.15) is 0 Å². The van der Waals surface area contributed by atoms with E-state index >= 15 is 0 Å². The molecular weight excluding hydrogens is 185 g/mol. The number of hydrogen-bond acceptors (Lipinski definition) is 2. The Hall–Kier alpha value is -0.777. The van der Waals surface area contributed by atoms with E-state index in [-0.39, 0.29) is 17.6 Å². The number of carboxylic acid groups (broad SMARTS) is 2. The predicted molar refractivity (Wildman–Crippen MR) is 30.2 cm³/mol. The van der Waals surface area contributed by atoms with Crippen LogP contribution in [0.15, 0.2) is 12.2 Å². The van der Waals surface area contributed by atoms with Crippen LogP contribution in [-0.2, 0) is 9.59 Å². The SMILES string of the molecule is O=C(O)C=CC(=O)O.[Ge]. The van der Waals surface area contributed by atoms with E-state index in [1.54, 1.807) is 0 Å². The summed E-state index contributed by atoms with van der Waals surface area (Å²) in [6.45, 7) is 0. The molecule has 0 aliphatic rings. The summed E-state index contributed by atoms with van der Waals surface area (Å²) in [4.78, 5) is 19.1. The summed E-state index contributed by atoms with van der Waals surface area (Å²) >= 11 is 0. The average Bonchev–Trinajstić information content (AvgIpc) is 1.61. The standard InChI is InChI=1S/C4H4O4.Ge/c5-3(6)1-2-4(7)8;/h1-2H,(H,5,6)(H,7,8);. The van der Waals surface area contributed by atoms with Crippen molar-refractivity contribution in [1.82, 2.24) is 0 Å². The first-order valence-electron chi connectivity index (χ1n) is 1.77. The van der Waals surface area contributed by atoms with Crippen LogP contribution in [0.4, 0.5) is 0 Å². The third-order valence-electron chi connectivity index (χ3n) is 0.368. The van der Waals surface area contributed by atoms with Gasteiger partial charge in [-0.2, -0.15) is 0 Å². The van der Waals surface area contributed by atoms with Crippen molar-refractivity contribution >= 4 is 29.5 Å². The Labute approximate surface area is 62.2 Å². The molecule has 48 valence electrons. The van der Waals surface area contributed by atoms with E-state index in [9.17, 15) is 9.59 Å². The number of carbonyl (C=O) groups is 2. The minimum atomic E-state index is -1.26. The maximum Gasteiger partial charge on any atom is 0.328 e. The largest absolute Gasteiger partial charge is 0.478 e. The van der Waals surface area contributed by atoms with E-state index in [4.69, 9.17) is 10.2 Å². The van der Waals surface area contributed by atoms with Crippen LogP contribution in [0.5, 0.6) is 0 Å². The maximum atomic E-state index is 9.55. The zero-order chi connectivity index (χ0) is 6.57. The Kier molecular flexibility index (Phi) is 6.60. The van der Waals surface area contributed by atoms with Crippen molar-refractivity contribution < 1.29 is 19.8 Å². The Morgan fingerprint density at radius 2 is 1.22 bits per heavy atom. The van der Waals surface area contributed by atoms with Crippen molar-refractivity contribution in [1.29, 1.82) is 0 Å². The van der Waals surface area contributed by atoms with Crippen LogP contribution in [-0.4, -0.2) is 39.7 Å². The minimum absolute atomic E-state index is 0. The fourth-order valence-corrected chi connectivity index (χ4v) is 0.143. The van der Waals surface area contributed by atoms with Gasteiger partial charge in [0.25, 0.3) is 0 Å². The first-order valence-corrected chi connectivity index (χ1v) is 1.77. The van der Waals surface area contributed by atoms with Gasteiger partial charge in [0.15, 0.2) is 0 Å². The summed E-state index contributed by atoms with van der Waals surface area (Å²) < 4.78 is 0. The predicted octanol–water partition coefficient (Wildman–Crippen LogP) is -0.669. The molecule has 0 unspecified atom stereocenters. The van der Waals surface area contributed by atoms with Gasteiger partial charge < -0.3 is 10.2 Å². The van der Waals surface area contributed by atoms with Crippen LogP contribution >= 0.6 is 0 Å². The van der Waals surface area contributed by atoms with E-state index in [0.29, 0.717) is 12.2 Å². The number of aliphatic carboxylic acids is 2. The third-order valence-corrected chi connectivity index (χ3v) is 0.368. The molecule has 0 fully saturated rings. The summed E-state index contributed by atoms with van der Waals surface area (Å²) in [5.41, 5.74) is 0. The van der Waals surface area contributed by atoms with Crippen LogP contribution in [0, 0.1) is 0 Å². The summed E-state index contributed by atoms with van der Waals surface area (Å²) in [5, 5.41) is 15.6. The zero-order valence-corrected chi connectivity index (χ0v) is 6.46. The smallest absolute Gasteiger partial charge is 0.328 e. The van der Waals surface area contributed by atoms with Gasteiger partial charge in [0.2, 0.25) is 0 Å². The van der Waals surface area contributed by atoms with Crippen molar-refractivity contribution in [3.63, 3.8) is 0 Å². The maximum absolute atomic E-state index is 9.55. The first-order chi connectivity index (χ1) is 3.63. The monoisotopic (exact) mass is 190 g/mol.